The quantitative estimate of drug-likeness (QED) is 0.775. The number of benzene rings is 1. The molecule has 0 unspecified atom stereocenters. The summed E-state index contributed by atoms with van der Waals surface area (Å²) in [6.45, 7) is 4.39. The summed E-state index contributed by atoms with van der Waals surface area (Å²) in [5.74, 6) is 0.619. The first-order valence-corrected chi connectivity index (χ1v) is 5.45. The van der Waals surface area contributed by atoms with Crippen LogP contribution in [-0.4, -0.2) is 9.97 Å². The molecule has 0 saturated carbocycles. The average molecular weight is 221 g/mol. The van der Waals surface area contributed by atoms with E-state index in [9.17, 15) is 0 Å². The standard InChI is InChI=1S/C12H13ClN2/c1-8(2)6-9-4-3-5-10-12(9)14-7-11(13)15-10/h3-5,7-8H,6H2,1-2H3. The molecular weight excluding hydrogens is 208 g/mol. The van der Waals surface area contributed by atoms with Crippen LogP contribution in [-0.2, 0) is 6.42 Å². The van der Waals surface area contributed by atoms with Crippen LogP contribution < -0.4 is 0 Å². The van der Waals surface area contributed by atoms with Gasteiger partial charge in [0.15, 0.2) is 0 Å². The zero-order chi connectivity index (χ0) is 10.8. The third-order valence-corrected chi connectivity index (χ3v) is 2.44. The molecule has 2 nitrogen and oxygen atoms in total. The van der Waals surface area contributed by atoms with Crippen LogP contribution in [0.15, 0.2) is 24.4 Å². The molecule has 15 heavy (non-hydrogen) atoms. The van der Waals surface area contributed by atoms with Gasteiger partial charge in [-0.2, -0.15) is 0 Å². The molecule has 1 aromatic heterocycles. The van der Waals surface area contributed by atoms with Crippen LogP contribution in [0.2, 0.25) is 5.15 Å². The van der Waals surface area contributed by atoms with Crippen molar-refractivity contribution in [3.63, 3.8) is 0 Å². The summed E-state index contributed by atoms with van der Waals surface area (Å²) in [6, 6.07) is 6.05. The van der Waals surface area contributed by atoms with Gasteiger partial charge < -0.3 is 0 Å². The van der Waals surface area contributed by atoms with Crippen LogP contribution in [0.4, 0.5) is 0 Å². The first-order chi connectivity index (χ1) is 7.16. The maximum absolute atomic E-state index is 5.80. The Balaban J connectivity index is 2.56. The molecule has 0 atom stereocenters. The summed E-state index contributed by atoms with van der Waals surface area (Å²) in [7, 11) is 0. The summed E-state index contributed by atoms with van der Waals surface area (Å²) >= 11 is 5.80. The van der Waals surface area contributed by atoms with Gasteiger partial charge in [-0.1, -0.05) is 37.6 Å². The lowest BCUT2D eigenvalue weighted by atomic mass is 10.0. The molecule has 0 N–H and O–H groups in total. The Labute approximate surface area is 94.3 Å². The molecule has 0 amide bonds. The van der Waals surface area contributed by atoms with Crippen LogP contribution in [0, 0.1) is 5.92 Å². The van der Waals surface area contributed by atoms with Gasteiger partial charge >= 0.3 is 0 Å². The third kappa shape index (κ3) is 2.26. The summed E-state index contributed by atoms with van der Waals surface area (Å²) in [6.07, 6.45) is 2.63. The molecule has 3 heteroatoms. The summed E-state index contributed by atoms with van der Waals surface area (Å²) in [5, 5.41) is 0.448. The molecule has 0 aliphatic carbocycles. The minimum absolute atomic E-state index is 0.448. The molecule has 0 aliphatic rings. The Bertz CT molecular complexity index is 480. The van der Waals surface area contributed by atoms with Gasteiger partial charge in [-0.05, 0) is 24.0 Å². The minimum atomic E-state index is 0.448. The van der Waals surface area contributed by atoms with E-state index < -0.39 is 0 Å². The molecule has 0 spiro atoms. The zero-order valence-electron chi connectivity index (χ0n) is 8.87. The first-order valence-electron chi connectivity index (χ1n) is 5.07. The lowest BCUT2D eigenvalue weighted by molar-refractivity contribution is 0.649. The van der Waals surface area contributed by atoms with E-state index in [4.69, 9.17) is 11.6 Å². The van der Waals surface area contributed by atoms with Gasteiger partial charge in [-0.25, -0.2) is 4.98 Å². The molecule has 0 bridgehead atoms. The van der Waals surface area contributed by atoms with E-state index >= 15 is 0 Å². The van der Waals surface area contributed by atoms with Gasteiger partial charge in [0.1, 0.15) is 5.15 Å². The first kappa shape index (κ1) is 10.4. The van der Waals surface area contributed by atoms with Crippen molar-refractivity contribution in [3.8, 4) is 0 Å². The number of hydrogen-bond donors (Lipinski definition) is 0. The fourth-order valence-corrected chi connectivity index (χ4v) is 1.82. The highest BCUT2D eigenvalue weighted by Gasteiger charge is 2.05. The molecule has 0 fully saturated rings. The highest BCUT2D eigenvalue weighted by molar-refractivity contribution is 6.29. The molecule has 1 heterocycles. The molecule has 1 aromatic carbocycles. The molecule has 2 rings (SSSR count). The van der Waals surface area contributed by atoms with Crippen LogP contribution in [0.3, 0.4) is 0 Å². The average Bonchev–Trinajstić information content (AvgIpc) is 2.16. The number of nitrogens with zero attached hydrogens (tertiary/aromatic N) is 2. The highest BCUT2D eigenvalue weighted by atomic mass is 35.5. The monoisotopic (exact) mass is 220 g/mol. The normalized spacial score (nSPS) is 11.2. The Morgan fingerprint density at radius 2 is 2.13 bits per heavy atom. The van der Waals surface area contributed by atoms with Crippen molar-refractivity contribution in [2.45, 2.75) is 20.3 Å². The maximum Gasteiger partial charge on any atom is 0.148 e. The number of halogens is 1. The second-order valence-corrected chi connectivity index (χ2v) is 4.46. The Morgan fingerprint density at radius 3 is 2.87 bits per heavy atom. The smallest absolute Gasteiger partial charge is 0.148 e. The van der Waals surface area contributed by atoms with Crippen LogP contribution in [0.5, 0.6) is 0 Å². The number of fused-ring (bicyclic) bond motifs is 1. The van der Waals surface area contributed by atoms with Gasteiger partial charge in [0.25, 0.3) is 0 Å². The fraction of sp³-hybridized carbons (Fsp3) is 0.333. The molecule has 78 valence electrons. The zero-order valence-corrected chi connectivity index (χ0v) is 9.62. The van der Waals surface area contributed by atoms with Crippen molar-refractivity contribution < 1.29 is 0 Å². The topological polar surface area (TPSA) is 25.8 Å². The second-order valence-electron chi connectivity index (χ2n) is 4.08. The van der Waals surface area contributed by atoms with E-state index in [1.165, 1.54) is 5.56 Å². The summed E-state index contributed by atoms with van der Waals surface area (Å²) < 4.78 is 0. The van der Waals surface area contributed by atoms with E-state index in [1.807, 2.05) is 12.1 Å². The van der Waals surface area contributed by atoms with E-state index in [1.54, 1.807) is 6.20 Å². The van der Waals surface area contributed by atoms with E-state index in [0.29, 0.717) is 11.1 Å². The van der Waals surface area contributed by atoms with Gasteiger partial charge in [0.05, 0.1) is 17.2 Å². The Kier molecular flexibility index (Phi) is 2.87. The van der Waals surface area contributed by atoms with Crippen molar-refractivity contribution in [1.29, 1.82) is 0 Å². The Hall–Kier alpha value is -1.15. The van der Waals surface area contributed by atoms with Crippen molar-refractivity contribution in [2.75, 3.05) is 0 Å². The van der Waals surface area contributed by atoms with Crippen molar-refractivity contribution in [3.05, 3.63) is 35.1 Å². The van der Waals surface area contributed by atoms with Crippen LogP contribution in [0.1, 0.15) is 19.4 Å². The lowest BCUT2D eigenvalue weighted by Crippen LogP contribution is -1.97. The fourth-order valence-electron chi connectivity index (χ4n) is 1.68. The highest BCUT2D eigenvalue weighted by Crippen LogP contribution is 2.19. The third-order valence-electron chi connectivity index (χ3n) is 2.25. The number of hydrogen-bond acceptors (Lipinski definition) is 2. The van der Waals surface area contributed by atoms with Gasteiger partial charge in [0.2, 0.25) is 0 Å². The molecule has 0 radical (unpaired) electrons. The number of para-hydroxylation sites is 1. The predicted molar refractivity (Wildman–Crippen MR) is 63.1 cm³/mol. The molecule has 0 saturated heterocycles. The lowest BCUT2D eigenvalue weighted by Gasteiger charge is -2.07. The Morgan fingerprint density at radius 1 is 1.33 bits per heavy atom. The summed E-state index contributed by atoms with van der Waals surface area (Å²) in [5.41, 5.74) is 3.09. The largest absolute Gasteiger partial charge is 0.251 e. The molecule has 0 aliphatic heterocycles. The number of aromatic nitrogens is 2. The van der Waals surface area contributed by atoms with Crippen molar-refractivity contribution in [1.82, 2.24) is 9.97 Å². The minimum Gasteiger partial charge on any atom is -0.251 e. The van der Waals surface area contributed by atoms with Gasteiger partial charge in [-0.3, -0.25) is 4.98 Å². The van der Waals surface area contributed by atoms with E-state index in [-0.39, 0.29) is 0 Å². The maximum atomic E-state index is 5.80. The van der Waals surface area contributed by atoms with Crippen LogP contribution in [0.25, 0.3) is 11.0 Å². The second kappa shape index (κ2) is 4.15. The van der Waals surface area contributed by atoms with Crippen molar-refractivity contribution in [2.24, 2.45) is 5.92 Å². The number of rotatable bonds is 2. The SMILES string of the molecule is CC(C)Cc1cccc2nc(Cl)cnc12. The molecular formula is C12H13ClN2. The predicted octanol–water partition coefficient (Wildman–Crippen LogP) is 3.48. The van der Waals surface area contributed by atoms with Gasteiger partial charge in [-0.15, -0.1) is 0 Å². The van der Waals surface area contributed by atoms with Crippen molar-refractivity contribution >= 4 is 22.6 Å². The molecule has 2 aromatic rings. The van der Waals surface area contributed by atoms with Gasteiger partial charge in [0, 0.05) is 0 Å². The van der Waals surface area contributed by atoms with E-state index in [0.717, 1.165) is 17.5 Å². The summed E-state index contributed by atoms with van der Waals surface area (Å²) in [4.78, 5) is 8.59. The van der Waals surface area contributed by atoms with E-state index in [2.05, 4.69) is 29.9 Å². The van der Waals surface area contributed by atoms with Crippen LogP contribution >= 0.6 is 11.6 Å².